The third-order valence-corrected chi connectivity index (χ3v) is 3.30. The lowest BCUT2D eigenvalue weighted by atomic mass is 10.0. The molecular formula is C12H20N4. The standard InChI is InChI=1S/C12H20N4/c1-16-7-3-2-4-10(16)8-15-12-5-6-14-9-11(12)13/h5-6,9-10H,2-4,7-8,13H2,1H3,(H,14,15). The number of hydrogen-bond acceptors (Lipinski definition) is 4. The van der Waals surface area contributed by atoms with E-state index in [-0.39, 0.29) is 0 Å². The number of hydrogen-bond donors (Lipinski definition) is 2. The molecule has 0 aromatic carbocycles. The first-order chi connectivity index (χ1) is 7.77. The molecule has 1 unspecified atom stereocenters. The molecule has 1 aromatic heterocycles. The van der Waals surface area contributed by atoms with Crippen LogP contribution < -0.4 is 11.1 Å². The number of nitrogens with zero attached hydrogens (tertiary/aromatic N) is 2. The Bertz CT molecular complexity index is 340. The molecule has 2 rings (SSSR count). The van der Waals surface area contributed by atoms with Crippen molar-refractivity contribution >= 4 is 11.4 Å². The van der Waals surface area contributed by atoms with Crippen molar-refractivity contribution in [2.75, 3.05) is 31.2 Å². The number of aromatic nitrogens is 1. The normalized spacial score (nSPS) is 21.9. The summed E-state index contributed by atoms with van der Waals surface area (Å²) in [6.07, 6.45) is 7.39. The second-order valence-corrected chi connectivity index (χ2v) is 4.47. The van der Waals surface area contributed by atoms with Crippen LogP contribution in [0.4, 0.5) is 11.4 Å². The first-order valence-electron chi connectivity index (χ1n) is 5.91. The maximum absolute atomic E-state index is 5.83. The van der Waals surface area contributed by atoms with Crippen molar-refractivity contribution in [1.29, 1.82) is 0 Å². The highest BCUT2D eigenvalue weighted by Gasteiger charge is 2.18. The molecule has 1 atom stereocenters. The van der Waals surface area contributed by atoms with Gasteiger partial charge in [0, 0.05) is 18.8 Å². The molecular weight excluding hydrogens is 200 g/mol. The van der Waals surface area contributed by atoms with Gasteiger partial charge in [-0.1, -0.05) is 6.42 Å². The third kappa shape index (κ3) is 2.64. The van der Waals surface area contributed by atoms with Gasteiger partial charge in [-0.05, 0) is 32.5 Å². The van der Waals surface area contributed by atoms with Crippen molar-refractivity contribution in [2.45, 2.75) is 25.3 Å². The summed E-state index contributed by atoms with van der Waals surface area (Å²) in [4.78, 5) is 6.40. The van der Waals surface area contributed by atoms with Crippen LogP contribution >= 0.6 is 0 Å². The molecule has 88 valence electrons. The van der Waals surface area contributed by atoms with Gasteiger partial charge < -0.3 is 16.0 Å². The first-order valence-corrected chi connectivity index (χ1v) is 5.91. The van der Waals surface area contributed by atoms with Crippen molar-refractivity contribution in [3.63, 3.8) is 0 Å². The van der Waals surface area contributed by atoms with E-state index in [1.165, 1.54) is 25.8 Å². The van der Waals surface area contributed by atoms with E-state index in [0.29, 0.717) is 6.04 Å². The number of likely N-dealkylation sites (N-methyl/N-ethyl adjacent to an activating group) is 1. The largest absolute Gasteiger partial charge is 0.396 e. The molecule has 4 nitrogen and oxygen atoms in total. The lowest BCUT2D eigenvalue weighted by Crippen LogP contribution is -2.40. The van der Waals surface area contributed by atoms with E-state index in [4.69, 9.17) is 5.73 Å². The number of likely N-dealkylation sites (tertiary alicyclic amines) is 1. The molecule has 1 aliphatic rings. The Kier molecular flexibility index (Phi) is 3.62. The van der Waals surface area contributed by atoms with Crippen LogP contribution in [0.1, 0.15) is 19.3 Å². The smallest absolute Gasteiger partial charge is 0.0736 e. The average Bonchev–Trinajstić information content (AvgIpc) is 2.30. The first kappa shape index (κ1) is 11.2. The molecule has 0 saturated carbocycles. The molecule has 1 fully saturated rings. The summed E-state index contributed by atoms with van der Waals surface area (Å²) in [6, 6.07) is 2.55. The molecule has 1 aromatic rings. The lowest BCUT2D eigenvalue weighted by Gasteiger charge is -2.32. The van der Waals surface area contributed by atoms with Crippen LogP contribution in [0, 0.1) is 0 Å². The predicted octanol–water partition coefficient (Wildman–Crippen LogP) is 1.56. The molecule has 0 spiro atoms. The maximum atomic E-state index is 5.83. The number of anilines is 2. The van der Waals surface area contributed by atoms with Gasteiger partial charge in [-0.15, -0.1) is 0 Å². The fourth-order valence-electron chi connectivity index (χ4n) is 2.20. The van der Waals surface area contributed by atoms with E-state index in [0.717, 1.165) is 17.9 Å². The van der Waals surface area contributed by atoms with Crippen molar-refractivity contribution in [3.8, 4) is 0 Å². The summed E-state index contributed by atoms with van der Waals surface area (Å²) in [7, 11) is 2.20. The molecule has 0 amide bonds. The minimum absolute atomic E-state index is 0.626. The van der Waals surface area contributed by atoms with Crippen LogP contribution in [0.3, 0.4) is 0 Å². The Balaban J connectivity index is 1.89. The highest BCUT2D eigenvalue weighted by Crippen LogP contribution is 2.18. The molecule has 3 N–H and O–H groups in total. The van der Waals surface area contributed by atoms with Crippen LogP contribution in [-0.2, 0) is 0 Å². The van der Waals surface area contributed by atoms with Gasteiger partial charge in [-0.25, -0.2) is 0 Å². The lowest BCUT2D eigenvalue weighted by molar-refractivity contribution is 0.194. The summed E-state index contributed by atoms with van der Waals surface area (Å²) in [6.45, 7) is 2.17. The molecule has 1 saturated heterocycles. The number of nitrogens with one attached hydrogen (secondary N) is 1. The number of nitrogen functional groups attached to an aromatic ring is 1. The highest BCUT2D eigenvalue weighted by molar-refractivity contribution is 5.64. The summed E-state index contributed by atoms with van der Waals surface area (Å²) in [5, 5.41) is 3.41. The fraction of sp³-hybridized carbons (Fsp3) is 0.583. The minimum atomic E-state index is 0.626. The number of piperidine rings is 1. The van der Waals surface area contributed by atoms with E-state index in [9.17, 15) is 0 Å². The van der Waals surface area contributed by atoms with Crippen molar-refractivity contribution < 1.29 is 0 Å². The van der Waals surface area contributed by atoms with Crippen LogP contribution in [0.2, 0.25) is 0 Å². The molecule has 16 heavy (non-hydrogen) atoms. The topological polar surface area (TPSA) is 54.2 Å². The van der Waals surface area contributed by atoms with Crippen LogP contribution in [0.25, 0.3) is 0 Å². The minimum Gasteiger partial charge on any atom is -0.396 e. The van der Waals surface area contributed by atoms with Gasteiger partial charge >= 0.3 is 0 Å². The number of pyridine rings is 1. The zero-order valence-corrected chi connectivity index (χ0v) is 9.82. The quantitative estimate of drug-likeness (QED) is 0.811. The maximum Gasteiger partial charge on any atom is 0.0736 e. The zero-order valence-electron chi connectivity index (χ0n) is 9.82. The Labute approximate surface area is 96.8 Å². The molecule has 1 aliphatic heterocycles. The predicted molar refractivity (Wildman–Crippen MR) is 67.4 cm³/mol. The average molecular weight is 220 g/mol. The SMILES string of the molecule is CN1CCCCC1CNc1ccncc1N. The Morgan fingerprint density at radius 2 is 2.44 bits per heavy atom. The van der Waals surface area contributed by atoms with Crippen LogP contribution in [0.15, 0.2) is 18.5 Å². The van der Waals surface area contributed by atoms with Gasteiger partial charge in [0.05, 0.1) is 17.6 Å². The summed E-state index contributed by atoms with van der Waals surface area (Å²) in [5.41, 5.74) is 7.55. The second kappa shape index (κ2) is 5.16. The van der Waals surface area contributed by atoms with Crippen LogP contribution in [-0.4, -0.2) is 36.1 Å². The van der Waals surface area contributed by atoms with Gasteiger partial charge in [-0.3, -0.25) is 4.98 Å². The van der Waals surface area contributed by atoms with E-state index in [1.54, 1.807) is 12.4 Å². The molecule has 2 heterocycles. The molecule has 0 bridgehead atoms. The third-order valence-electron chi connectivity index (χ3n) is 3.30. The number of rotatable bonds is 3. The molecule has 0 radical (unpaired) electrons. The van der Waals surface area contributed by atoms with Gasteiger partial charge in [0.25, 0.3) is 0 Å². The molecule has 4 heteroatoms. The van der Waals surface area contributed by atoms with E-state index in [2.05, 4.69) is 22.2 Å². The Morgan fingerprint density at radius 1 is 1.56 bits per heavy atom. The van der Waals surface area contributed by atoms with Gasteiger partial charge in [0.15, 0.2) is 0 Å². The monoisotopic (exact) mass is 220 g/mol. The van der Waals surface area contributed by atoms with Gasteiger partial charge in [0.1, 0.15) is 0 Å². The van der Waals surface area contributed by atoms with Crippen molar-refractivity contribution in [2.24, 2.45) is 0 Å². The van der Waals surface area contributed by atoms with E-state index >= 15 is 0 Å². The zero-order chi connectivity index (χ0) is 11.4. The summed E-state index contributed by atoms with van der Waals surface area (Å²) < 4.78 is 0. The van der Waals surface area contributed by atoms with Crippen molar-refractivity contribution in [1.82, 2.24) is 9.88 Å². The second-order valence-electron chi connectivity index (χ2n) is 4.47. The summed E-state index contributed by atoms with van der Waals surface area (Å²) in [5.74, 6) is 0. The fourth-order valence-corrected chi connectivity index (χ4v) is 2.20. The Hall–Kier alpha value is -1.29. The number of nitrogens with two attached hydrogens (primary N) is 1. The van der Waals surface area contributed by atoms with E-state index in [1.807, 2.05) is 6.07 Å². The summed E-state index contributed by atoms with van der Waals surface area (Å²) >= 11 is 0. The van der Waals surface area contributed by atoms with Gasteiger partial charge in [0.2, 0.25) is 0 Å². The molecule has 0 aliphatic carbocycles. The highest BCUT2D eigenvalue weighted by atomic mass is 15.2. The van der Waals surface area contributed by atoms with Crippen LogP contribution in [0.5, 0.6) is 0 Å². The van der Waals surface area contributed by atoms with Gasteiger partial charge in [-0.2, -0.15) is 0 Å². The Morgan fingerprint density at radius 3 is 3.19 bits per heavy atom. The van der Waals surface area contributed by atoms with E-state index < -0.39 is 0 Å². The van der Waals surface area contributed by atoms with Crippen molar-refractivity contribution in [3.05, 3.63) is 18.5 Å².